The van der Waals surface area contributed by atoms with E-state index in [1.165, 1.54) is 19.3 Å². The molecular weight excluding hydrogens is 252 g/mol. The molecule has 0 aliphatic carbocycles. The van der Waals surface area contributed by atoms with E-state index in [0.29, 0.717) is 29.6 Å². The average molecular weight is 269 g/mol. The number of carbonyl (C=O) groups excluding carboxylic acids is 1. The van der Waals surface area contributed by atoms with Crippen molar-refractivity contribution in [1.29, 1.82) is 0 Å². The maximum absolute atomic E-state index is 10.5. The second-order valence-corrected chi connectivity index (χ2v) is 4.74. The van der Waals surface area contributed by atoms with Crippen molar-refractivity contribution in [3.63, 3.8) is 0 Å². The topological polar surface area (TPSA) is 41.6 Å². The van der Waals surface area contributed by atoms with Crippen LogP contribution >= 0.6 is 11.6 Å². The molecular formula is C13H17ClN2O2. The zero-order valence-electron chi connectivity index (χ0n) is 10.2. The highest BCUT2D eigenvalue weighted by Crippen LogP contribution is 2.32. The van der Waals surface area contributed by atoms with E-state index in [1.54, 1.807) is 18.2 Å². The van der Waals surface area contributed by atoms with Crippen molar-refractivity contribution < 1.29 is 9.53 Å². The van der Waals surface area contributed by atoms with Crippen molar-refractivity contribution in [2.45, 2.75) is 19.3 Å². The van der Waals surface area contributed by atoms with Crippen LogP contribution in [0.2, 0.25) is 5.02 Å². The highest BCUT2D eigenvalue weighted by atomic mass is 35.5. The number of carbonyl (C=O) groups is 1. The number of piperidine rings is 1. The van der Waals surface area contributed by atoms with Gasteiger partial charge in [-0.3, -0.25) is 9.69 Å². The Kier molecular flexibility index (Phi) is 4.84. The minimum absolute atomic E-state index is 0.511. The van der Waals surface area contributed by atoms with Crippen molar-refractivity contribution >= 4 is 23.7 Å². The Hall–Kier alpha value is -1.26. The molecule has 4 nitrogen and oxygen atoms in total. The van der Waals surface area contributed by atoms with Gasteiger partial charge in [0.2, 0.25) is 6.41 Å². The van der Waals surface area contributed by atoms with Gasteiger partial charge in [0.15, 0.2) is 5.75 Å². The number of hydrogen-bond acceptors (Lipinski definition) is 3. The Morgan fingerprint density at radius 2 is 2.11 bits per heavy atom. The van der Waals surface area contributed by atoms with E-state index >= 15 is 0 Å². The number of nitrogens with one attached hydrogen (secondary N) is 1. The van der Waals surface area contributed by atoms with Gasteiger partial charge in [0.05, 0.1) is 10.7 Å². The van der Waals surface area contributed by atoms with Gasteiger partial charge < -0.3 is 10.1 Å². The van der Waals surface area contributed by atoms with Gasteiger partial charge in [0.1, 0.15) is 6.73 Å². The molecule has 0 aromatic heterocycles. The summed E-state index contributed by atoms with van der Waals surface area (Å²) in [5.74, 6) is 0.539. The van der Waals surface area contributed by atoms with Crippen LogP contribution in [0.15, 0.2) is 18.2 Å². The predicted molar refractivity (Wildman–Crippen MR) is 72.1 cm³/mol. The fourth-order valence-electron chi connectivity index (χ4n) is 2.08. The number of likely N-dealkylation sites (tertiary alicyclic amines) is 1. The summed E-state index contributed by atoms with van der Waals surface area (Å²) in [6.45, 7) is 2.62. The van der Waals surface area contributed by atoms with E-state index in [9.17, 15) is 4.79 Å². The Labute approximate surface area is 112 Å². The van der Waals surface area contributed by atoms with Crippen LogP contribution in [0.1, 0.15) is 19.3 Å². The van der Waals surface area contributed by atoms with E-state index in [2.05, 4.69) is 10.2 Å². The number of para-hydroxylation sites is 1. The summed E-state index contributed by atoms with van der Waals surface area (Å²) in [5, 5.41) is 3.11. The molecule has 1 amide bonds. The molecule has 1 aliphatic rings. The summed E-state index contributed by atoms with van der Waals surface area (Å²) in [7, 11) is 0. The molecule has 98 valence electrons. The zero-order valence-corrected chi connectivity index (χ0v) is 10.9. The van der Waals surface area contributed by atoms with Crippen LogP contribution < -0.4 is 10.1 Å². The lowest BCUT2D eigenvalue weighted by Crippen LogP contribution is -2.33. The van der Waals surface area contributed by atoms with Crippen molar-refractivity contribution in [2.24, 2.45) is 0 Å². The molecule has 1 saturated heterocycles. The third kappa shape index (κ3) is 3.37. The van der Waals surface area contributed by atoms with Gasteiger partial charge in [-0.1, -0.05) is 24.1 Å². The van der Waals surface area contributed by atoms with Crippen LogP contribution in [0.3, 0.4) is 0 Å². The lowest BCUT2D eigenvalue weighted by Gasteiger charge is -2.26. The number of ether oxygens (including phenoxy) is 1. The van der Waals surface area contributed by atoms with Crippen LogP contribution in [-0.2, 0) is 4.79 Å². The molecule has 1 aromatic rings. The molecule has 0 radical (unpaired) electrons. The zero-order chi connectivity index (χ0) is 12.8. The minimum Gasteiger partial charge on any atom is -0.474 e. The van der Waals surface area contributed by atoms with Gasteiger partial charge in [-0.05, 0) is 25.0 Å². The van der Waals surface area contributed by atoms with Crippen LogP contribution in [0.5, 0.6) is 5.75 Å². The normalized spacial score (nSPS) is 16.3. The number of halogens is 1. The van der Waals surface area contributed by atoms with Crippen molar-refractivity contribution in [3.05, 3.63) is 23.2 Å². The summed E-state index contributed by atoms with van der Waals surface area (Å²) in [6, 6.07) is 5.30. The van der Waals surface area contributed by atoms with E-state index in [-0.39, 0.29) is 0 Å². The number of hydrogen-bond donors (Lipinski definition) is 1. The fraction of sp³-hybridized carbons (Fsp3) is 0.462. The predicted octanol–water partition coefficient (Wildman–Crippen LogP) is 2.73. The molecule has 0 saturated carbocycles. The Balaban J connectivity index is 2.00. The third-order valence-corrected chi connectivity index (χ3v) is 3.32. The molecule has 0 atom stereocenters. The largest absolute Gasteiger partial charge is 0.474 e. The first kappa shape index (κ1) is 13.2. The number of anilines is 1. The molecule has 1 aliphatic heterocycles. The first-order valence-electron chi connectivity index (χ1n) is 6.15. The van der Waals surface area contributed by atoms with Crippen molar-refractivity contribution in [2.75, 3.05) is 25.1 Å². The molecule has 1 aromatic carbocycles. The van der Waals surface area contributed by atoms with E-state index in [0.717, 1.165) is 13.1 Å². The van der Waals surface area contributed by atoms with Gasteiger partial charge in [-0.2, -0.15) is 0 Å². The maximum atomic E-state index is 10.5. The summed E-state index contributed by atoms with van der Waals surface area (Å²) >= 11 is 6.08. The maximum Gasteiger partial charge on any atom is 0.211 e. The van der Waals surface area contributed by atoms with Gasteiger partial charge in [-0.15, -0.1) is 0 Å². The monoisotopic (exact) mass is 268 g/mol. The average Bonchev–Trinajstić information content (AvgIpc) is 2.40. The smallest absolute Gasteiger partial charge is 0.211 e. The molecule has 1 heterocycles. The quantitative estimate of drug-likeness (QED) is 0.835. The van der Waals surface area contributed by atoms with Crippen molar-refractivity contribution in [1.82, 2.24) is 4.90 Å². The Morgan fingerprint density at radius 3 is 2.83 bits per heavy atom. The first-order chi connectivity index (χ1) is 8.81. The SMILES string of the molecule is O=CNc1cccc(Cl)c1OCN1CCCCC1. The molecule has 0 bridgehead atoms. The summed E-state index contributed by atoms with van der Waals surface area (Å²) in [4.78, 5) is 12.8. The van der Waals surface area contributed by atoms with Crippen LogP contribution in [0.4, 0.5) is 5.69 Å². The number of benzene rings is 1. The van der Waals surface area contributed by atoms with Gasteiger partial charge in [-0.25, -0.2) is 0 Å². The molecule has 0 spiro atoms. The molecule has 5 heteroatoms. The third-order valence-electron chi connectivity index (χ3n) is 3.02. The van der Waals surface area contributed by atoms with E-state index < -0.39 is 0 Å². The van der Waals surface area contributed by atoms with E-state index in [1.807, 2.05) is 0 Å². The lowest BCUT2D eigenvalue weighted by molar-refractivity contribution is -0.105. The number of amides is 1. The van der Waals surface area contributed by atoms with Gasteiger partial charge in [0, 0.05) is 13.1 Å². The van der Waals surface area contributed by atoms with Crippen LogP contribution in [-0.4, -0.2) is 31.1 Å². The summed E-state index contributed by atoms with van der Waals surface area (Å²) in [6.07, 6.45) is 4.34. The highest BCUT2D eigenvalue weighted by Gasteiger charge is 2.13. The van der Waals surface area contributed by atoms with Crippen molar-refractivity contribution in [3.8, 4) is 5.75 Å². The van der Waals surface area contributed by atoms with Crippen LogP contribution in [0.25, 0.3) is 0 Å². The Morgan fingerprint density at radius 1 is 1.33 bits per heavy atom. The molecule has 2 rings (SSSR count). The molecule has 1 fully saturated rings. The van der Waals surface area contributed by atoms with E-state index in [4.69, 9.17) is 16.3 Å². The second kappa shape index (κ2) is 6.61. The van der Waals surface area contributed by atoms with Gasteiger partial charge >= 0.3 is 0 Å². The minimum atomic E-state index is 0.511. The summed E-state index contributed by atoms with van der Waals surface area (Å²) in [5.41, 5.74) is 0.606. The second-order valence-electron chi connectivity index (χ2n) is 4.33. The first-order valence-corrected chi connectivity index (χ1v) is 6.53. The van der Waals surface area contributed by atoms with Crippen LogP contribution in [0, 0.1) is 0 Å². The molecule has 18 heavy (non-hydrogen) atoms. The standard InChI is InChI=1S/C13H17ClN2O2/c14-11-5-4-6-12(15-9-17)13(11)18-10-16-7-2-1-3-8-16/h4-6,9H,1-3,7-8,10H2,(H,15,17). The Bertz CT molecular complexity index is 406. The summed E-state index contributed by atoms with van der Waals surface area (Å²) < 4.78 is 5.73. The molecule has 0 unspecified atom stereocenters. The number of nitrogens with zero attached hydrogens (tertiary/aromatic N) is 1. The highest BCUT2D eigenvalue weighted by molar-refractivity contribution is 6.32. The lowest BCUT2D eigenvalue weighted by atomic mass is 10.1. The van der Waals surface area contributed by atoms with Gasteiger partial charge in [0.25, 0.3) is 0 Å². The number of rotatable bonds is 5. The fourth-order valence-corrected chi connectivity index (χ4v) is 2.31. The molecule has 1 N–H and O–H groups in total.